The van der Waals surface area contributed by atoms with Crippen molar-refractivity contribution in [3.63, 3.8) is 0 Å². The first-order valence-electron chi connectivity index (χ1n) is 5.60. The Morgan fingerprint density at radius 1 is 1.41 bits per heavy atom. The molecule has 6 heteroatoms. The molecule has 0 aliphatic heterocycles. The maximum Gasteiger partial charge on any atom is 0.212 e. The van der Waals surface area contributed by atoms with Crippen LogP contribution in [0.2, 0.25) is 0 Å². The summed E-state index contributed by atoms with van der Waals surface area (Å²) >= 11 is 0. The molecule has 5 nitrogen and oxygen atoms in total. The lowest BCUT2D eigenvalue weighted by Gasteiger charge is -2.15. The van der Waals surface area contributed by atoms with E-state index in [9.17, 15) is 8.42 Å². The first-order valence-corrected chi connectivity index (χ1v) is 7.25. The second-order valence-corrected chi connectivity index (χ2v) is 5.73. The molecule has 1 aromatic heterocycles. The van der Waals surface area contributed by atoms with E-state index >= 15 is 0 Å². The van der Waals surface area contributed by atoms with Gasteiger partial charge in [-0.15, -0.1) is 0 Å². The maximum atomic E-state index is 11.5. The number of hydrogen-bond donors (Lipinski definition) is 1. The SMILES string of the molecule is CCc1ccc([C@@H](COC)NS(=O)(=O)CC)o1. The Labute approximate surface area is 102 Å². The van der Waals surface area contributed by atoms with Crippen LogP contribution in [0.25, 0.3) is 0 Å². The van der Waals surface area contributed by atoms with Crippen LogP contribution in [0, 0.1) is 0 Å². The molecule has 1 rings (SSSR count). The molecule has 98 valence electrons. The molecule has 0 amide bonds. The van der Waals surface area contributed by atoms with Gasteiger partial charge in [-0.25, -0.2) is 13.1 Å². The van der Waals surface area contributed by atoms with E-state index in [4.69, 9.17) is 9.15 Å². The van der Waals surface area contributed by atoms with Crippen molar-refractivity contribution in [2.24, 2.45) is 0 Å². The van der Waals surface area contributed by atoms with Gasteiger partial charge in [0.05, 0.1) is 12.4 Å². The Hall–Kier alpha value is -0.850. The van der Waals surface area contributed by atoms with Crippen molar-refractivity contribution in [3.8, 4) is 0 Å². The van der Waals surface area contributed by atoms with Crippen LogP contribution in [-0.2, 0) is 21.2 Å². The molecule has 0 radical (unpaired) electrons. The van der Waals surface area contributed by atoms with Gasteiger partial charge in [0.1, 0.15) is 17.6 Å². The Bertz CT molecular complexity index is 438. The zero-order valence-electron chi connectivity index (χ0n) is 10.4. The summed E-state index contributed by atoms with van der Waals surface area (Å²) in [6.07, 6.45) is 0.778. The van der Waals surface area contributed by atoms with Gasteiger partial charge >= 0.3 is 0 Å². The minimum atomic E-state index is -3.28. The first kappa shape index (κ1) is 14.2. The van der Waals surface area contributed by atoms with Gasteiger partial charge in [-0.1, -0.05) is 6.92 Å². The van der Waals surface area contributed by atoms with Gasteiger partial charge in [-0.05, 0) is 19.1 Å². The van der Waals surface area contributed by atoms with E-state index in [1.165, 1.54) is 7.11 Å². The zero-order chi connectivity index (χ0) is 12.9. The Morgan fingerprint density at radius 3 is 2.59 bits per heavy atom. The van der Waals surface area contributed by atoms with Gasteiger partial charge in [-0.2, -0.15) is 0 Å². The van der Waals surface area contributed by atoms with E-state index < -0.39 is 16.1 Å². The fourth-order valence-corrected chi connectivity index (χ4v) is 2.20. The molecule has 17 heavy (non-hydrogen) atoms. The zero-order valence-corrected chi connectivity index (χ0v) is 11.2. The molecule has 0 bridgehead atoms. The van der Waals surface area contributed by atoms with Crippen molar-refractivity contribution in [1.82, 2.24) is 4.72 Å². The molecule has 1 aromatic rings. The summed E-state index contributed by atoms with van der Waals surface area (Å²) in [6, 6.07) is 3.16. The highest BCUT2D eigenvalue weighted by Gasteiger charge is 2.20. The van der Waals surface area contributed by atoms with Gasteiger partial charge < -0.3 is 9.15 Å². The van der Waals surface area contributed by atoms with Crippen LogP contribution >= 0.6 is 0 Å². The summed E-state index contributed by atoms with van der Waals surface area (Å²) in [5, 5.41) is 0. The number of hydrogen-bond acceptors (Lipinski definition) is 4. The topological polar surface area (TPSA) is 68.5 Å². The Balaban J connectivity index is 2.85. The molecule has 0 saturated heterocycles. The highest BCUT2D eigenvalue weighted by Crippen LogP contribution is 2.18. The van der Waals surface area contributed by atoms with Crippen molar-refractivity contribution >= 4 is 10.0 Å². The van der Waals surface area contributed by atoms with Crippen LogP contribution in [0.1, 0.15) is 31.4 Å². The summed E-state index contributed by atoms with van der Waals surface area (Å²) < 4.78 is 36.1. The molecule has 1 heterocycles. The lowest BCUT2D eigenvalue weighted by molar-refractivity contribution is 0.166. The van der Waals surface area contributed by atoms with Gasteiger partial charge in [-0.3, -0.25) is 0 Å². The fourth-order valence-electron chi connectivity index (χ4n) is 1.41. The normalized spacial score (nSPS) is 13.8. The molecule has 0 aromatic carbocycles. The predicted molar refractivity (Wildman–Crippen MR) is 65.3 cm³/mol. The van der Waals surface area contributed by atoms with Crippen LogP contribution in [0.3, 0.4) is 0 Å². The van der Waals surface area contributed by atoms with Crippen LogP contribution in [0.4, 0.5) is 0 Å². The molecule has 0 unspecified atom stereocenters. The molecule has 0 fully saturated rings. The molecular formula is C11H19NO4S. The number of furan rings is 1. The van der Waals surface area contributed by atoms with Crippen molar-refractivity contribution in [2.75, 3.05) is 19.5 Å². The number of nitrogens with one attached hydrogen (secondary N) is 1. The van der Waals surface area contributed by atoms with Crippen molar-refractivity contribution in [2.45, 2.75) is 26.3 Å². The van der Waals surface area contributed by atoms with Gasteiger partial charge in [0.15, 0.2) is 0 Å². The smallest absolute Gasteiger partial charge is 0.212 e. The van der Waals surface area contributed by atoms with Crippen LogP contribution in [0.5, 0.6) is 0 Å². The highest BCUT2D eigenvalue weighted by atomic mass is 32.2. The average molecular weight is 261 g/mol. The minimum Gasteiger partial charge on any atom is -0.464 e. The van der Waals surface area contributed by atoms with E-state index in [1.807, 2.05) is 13.0 Å². The maximum absolute atomic E-state index is 11.5. The third kappa shape index (κ3) is 4.14. The van der Waals surface area contributed by atoms with Gasteiger partial charge in [0, 0.05) is 13.5 Å². The van der Waals surface area contributed by atoms with Crippen molar-refractivity contribution < 1.29 is 17.6 Å². The predicted octanol–water partition coefficient (Wildman–Crippen LogP) is 1.47. The van der Waals surface area contributed by atoms with E-state index in [0.717, 1.165) is 12.2 Å². The molecule has 0 aliphatic carbocycles. The fraction of sp³-hybridized carbons (Fsp3) is 0.636. The Morgan fingerprint density at radius 2 is 2.12 bits per heavy atom. The summed E-state index contributed by atoms with van der Waals surface area (Å²) in [5.74, 6) is 1.45. The van der Waals surface area contributed by atoms with E-state index in [1.54, 1.807) is 13.0 Å². The molecular weight excluding hydrogens is 242 g/mol. The molecule has 0 aliphatic rings. The lowest BCUT2D eigenvalue weighted by atomic mass is 10.2. The number of rotatable bonds is 7. The standard InChI is InChI=1S/C11H19NO4S/c1-4-9-6-7-11(16-9)10(8-15-3)12-17(13,14)5-2/h6-7,10,12H,4-5,8H2,1-3H3/t10-/m1/s1. The third-order valence-electron chi connectivity index (χ3n) is 2.41. The molecule has 1 N–H and O–H groups in total. The molecule has 1 atom stereocenters. The van der Waals surface area contributed by atoms with Crippen molar-refractivity contribution in [3.05, 3.63) is 23.7 Å². The highest BCUT2D eigenvalue weighted by molar-refractivity contribution is 7.89. The van der Waals surface area contributed by atoms with Gasteiger partial charge in [0.2, 0.25) is 10.0 Å². The van der Waals surface area contributed by atoms with Crippen LogP contribution in [-0.4, -0.2) is 27.9 Å². The number of aryl methyl sites for hydroxylation is 1. The Kier molecular flexibility index (Phi) is 5.17. The van der Waals surface area contributed by atoms with E-state index in [2.05, 4.69) is 4.72 Å². The minimum absolute atomic E-state index is 0.0363. The van der Waals surface area contributed by atoms with E-state index in [-0.39, 0.29) is 12.4 Å². The summed E-state index contributed by atoms with van der Waals surface area (Å²) in [7, 11) is -1.75. The van der Waals surface area contributed by atoms with Crippen LogP contribution in [0.15, 0.2) is 16.5 Å². The number of sulfonamides is 1. The van der Waals surface area contributed by atoms with Crippen molar-refractivity contribution in [1.29, 1.82) is 0 Å². The second-order valence-electron chi connectivity index (χ2n) is 3.69. The molecule has 0 saturated carbocycles. The van der Waals surface area contributed by atoms with E-state index in [0.29, 0.717) is 5.76 Å². The molecule has 0 spiro atoms. The second kappa shape index (κ2) is 6.18. The summed E-state index contributed by atoms with van der Waals surface area (Å²) in [4.78, 5) is 0. The largest absolute Gasteiger partial charge is 0.464 e. The van der Waals surface area contributed by atoms with Gasteiger partial charge in [0.25, 0.3) is 0 Å². The summed E-state index contributed by atoms with van der Waals surface area (Å²) in [6.45, 7) is 3.81. The number of methoxy groups -OCH3 is 1. The lowest BCUT2D eigenvalue weighted by Crippen LogP contribution is -2.32. The third-order valence-corrected chi connectivity index (χ3v) is 3.81. The summed E-state index contributed by atoms with van der Waals surface area (Å²) in [5.41, 5.74) is 0. The quantitative estimate of drug-likeness (QED) is 0.807. The monoisotopic (exact) mass is 261 g/mol. The first-order chi connectivity index (χ1) is 8.02. The number of ether oxygens (including phenoxy) is 1. The van der Waals surface area contributed by atoms with Crippen LogP contribution < -0.4 is 4.72 Å². The average Bonchev–Trinajstić information content (AvgIpc) is 2.77.